The Morgan fingerprint density at radius 2 is 1.90 bits per heavy atom. The van der Waals surface area contributed by atoms with Gasteiger partial charge in [0.15, 0.2) is 17.7 Å². The number of pyridine rings is 1. The number of morpholine rings is 1. The summed E-state index contributed by atoms with van der Waals surface area (Å²) in [5.74, 6) is 0.0869. The molecule has 1 aromatic carbocycles. The molecule has 2 aliphatic heterocycles. The largest absolute Gasteiger partial charge is 0.586 e. The molecule has 152 valence electrons. The fraction of sp³-hybridized carbons (Fsp3) is 0.333. The number of aliphatic hydroxyl groups is 1. The summed E-state index contributed by atoms with van der Waals surface area (Å²) in [6.45, 7) is 2.80. The molecular weight excluding hydrogens is 388 g/mol. The summed E-state index contributed by atoms with van der Waals surface area (Å²) in [4.78, 5) is 13.5. The van der Waals surface area contributed by atoms with Crippen molar-refractivity contribution in [3.8, 4) is 11.5 Å². The van der Waals surface area contributed by atoms with E-state index in [2.05, 4.69) is 34.6 Å². The monoisotopic (exact) mass is 405 g/mol. The highest BCUT2D eigenvalue weighted by molar-refractivity contribution is 5.82. The van der Waals surface area contributed by atoms with Gasteiger partial charge in [-0.1, -0.05) is 0 Å². The lowest BCUT2D eigenvalue weighted by Gasteiger charge is -2.29. The number of hydrogen-bond acceptors (Lipinski definition) is 8. The summed E-state index contributed by atoms with van der Waals surface area (Å²) in [6.07, 6.45) is -1.47. The van der Waals surface area contributed by atoms with Gasteiger partial charge in [-0.05, 0) is 6.07 Å². The van der Waals surface area contributed by atoms with E-state index < -0.39 is 12.5 Å². The third-order valence-electron chi connectivity index (χ3n) is 4.72. The highest BCUT2D eigenvalue weighted by Crippen LogP contribution is 2.43. The van der Waals surface area contributed by atoms with E-state index >= 15 is 0 Å². The second-order valence-corrected chi connectivity index (χ2v) is 6.69. The van der Waals surface area contributed by atoms with Crippen molar-refractivity contribution in [2.45, 2.75) is 12.5 Å². The number of anilines is 2. The molecule has 2 aromatic heterocycles. The summed E-state index contributed by atoms with van der Waals surface area (Å²) in [5.41, 5.74) is 2.30. The molecule has 11 heteroatoms. The molecule has 1 unspecified atom stereocenters. The standard InChI is InChI=1S/C18H17F2N5O4/c19-18(20)28-14-6-12-13(7-15(14)29-18)23-17(22-12)24-16(26)10-5-11(9-21-8-10)25-1-3-27-4-2-25/h5-9,16,26H,1-4H2,(H2,22,23,24). The molecule has 0 amide bonds. The maximum absolute atomic E-state index is 13.2. The topological polar surface area (TPSA) is 105 Å². The summed E-state index contributed by atoms with van der Waals surface area (Å²) >= 11 is 0. The zero-order valence-corrected chi connectivity index (χ0v) is 15.1. The molecule has 2 aliphatic rings. The van der Waals surface area contributed by atoms with Crippen molar-refractivity contribution < 1.29 is 28.1 Å². The molecule has 9 nitrogen and oxygen atoms in total. The van der Waals surface area contributed by atoms with Gasteiger partial charge in [-0.15, -0.1) is 8.78 Å². The molecule has 3 aromatic rings. The minimum atomic E-state index is -3.68. The zero-order valence-electron chi connectivity index (χ0n) is 15.1. The lowest BCUT2D eigenvalue weighted by Crippen LogP contribution is -2.36. The van der Waals surface area contributed by atoms with E-state index in [0.717, 1.165) is 18.8 Å². The van der Waals surface area contributed by atoms with Crippen LogP contribution in [0.4, 0.5) is 20.4 Å². The van der Waals surface area contributed by atoms with Gasteiger partial charge in [0.1, 0.15) is 0 Å². The van der Waals surface area contributed by atoms with E-state index in [1.807, 2.05) is 6.07 Å². The van der Waals surface area contributed by atoms with Gasteiger partial charge in [-0.3, -0.25) is 4.98 Å². The Balaban J connectivity index is 1.34. The van der Waals surface area contributed by atoms with Gasteiger partial charge in [0, 0.05) is 37.0 Å². The quantitative estimate of drug-likeness (QED) is 0.568. The van der Waals surface area contributed by atoms with Crippen LogP contribution in [0.15, 0.2) is 30.6 Å². The van der Waals surface area contributed by atoms with Gasteiger partial charge < -0.3 is 34.5 Å². The lowest BCUT2D eigenvalue weighted by atomic mass is 10.2. The average molecular weight is 405 g/mol. The lowest BCUT2D eigenvalue weighted by molar-refractivity contribution is -0.286. The first-order chi connectivity index (χ1) is 14.0. The maximum atomic E-state index is 13.2. The van der Waals surface area contributed by atoms with Crippen LogP contribution >= 0.6 is 0 Å². The third kappa shape index (κ3) is 3.49. The second kappa shape index (κ2) is 6.71. The fourth-order valence-electron chi connectivity index (χ4n) is 3.32. The number of imidazole rings is 1. The molecule has 5 rings (SSSR count). The number of alkyl halides is 2. The van der Waals surface area contributed by atoms with Crippen LogP contribution in [-0.4, -0.2) is 52.7 Å². The predicted molar refractivity (Wildman–Crippen MR) is 98.1 cm³/mol. The Labute approximate surface area is 163 Å². The van der Waals surface area contributed by atoms with Gasteiger partial charge >= 0.3 is 6.29 Å². The smallest absolute Gasteiger partial charge is 0.395 e. The Morgan fingerprint density at radius 3 is 2.69 bits per heavy atom. The Hall–Kier alpha value is -3.18. The molecule has 0 spiro atoms. The van der Waals surface area contributed by atoms with Gasteiger partial charge in [0.25, 0.3) is 0 Å². The molecule has 0 aliphatic carbocycles. The van der Waals surface area contributed by atoms with E-state index in [4.69, 9.17) is 4.74 Å². The van der Waals surface area contributed by atoms with Gasteiger partial charge in [0.05, 0.1) is 36.1 Å². The highest BCUT2D eigenvalue weighted by Gasteiger charge is 2.43. The van der Waals surface area contributed by atoms with E-state index in [0.29, 0.717) is 29.8 Å². The molecule has 0 radical (unpaired) electrons. The molecule has 1 fully saturated rings. The summed E-state index contributed by atoms with van der Waals surface area (Å²) in [6, 6.07) is 4.56. The molecule has 4 heterocycles. The minimum Gasteiger partial charge on any atom is -0.395 e. The molecular formula is C18H17F2N5O4. The van der Waals surface area contributed by atoms with E-state index in [9.17, 15) is 13.9 Å². The number of benzene rings is 1. The van der Waals surface area contributed by atoms with Crippen molar-refractivity contribution in [2.24, 2.45) is 0 Å². The first-order valence-corrected chi connectivity index (χ1v) is 8.99. The summed E-state index contributed by atoms with van der Waals surface area (Å²) < 4.78 is 40.5. The summed E-state index contributed by atoms with van der Waals surface area (Å²) in [7, 11) is 0. The van der Waals surface area contributed by atoms with Crippen LogP contribution in [0, 0.1) is 0 Å². The number of aromatic amines is 1. The van der Waals surface area contributed by atoms with Crippen LogP contribution in [-0.2, 0) is 4.74 Å². The molecule has 1 saturated heterocycles. The SMILES string of the molecule is OC(Nc1nc2cc3c(cc2[nH]1)OC(F)(F)O3)c1cncc(N2CCOCC2)c1. The van der Waals surface area contributed by atoms with Crippen molar-refractivity contribution >= 4 is 22.7 Å². The number of fused-ring (bicyclic) bond motifs is 2. The number of aliphatic hydroxyl groups excluding tert-OH is 1. The fourth-order valence-corrected chi connectivity index (χ4v) is 3.32. The number of rotatable bonds is 4. The molecule has 0 bridgehead atoms. The van der Waals surface area contributed by atoms with E-state index in [1.54, 1.807) is 12.4 Å². The first-order valence-electron chi connectivity index (χ1n) is 8.99. The Bertz CT molecular complexity index is 1010. The van der Waals surface area contributed by atoms with Crippen molar-refractivity contribution in [1.82, 2.24) is 15.0 Å². The molecule has 3 N–H and O–H groups in total. The number of ether oxygens (including phenoxy) is 3. The van der Waals surface area contributed by atoms with Gasteiger partial charge in [0.2, 0.25) is 5.95 Å². The number of halogens is 2. The number of H-pyrrole nitrogens is 1. The number of aromatic nitrogens is 3. The highest BCUT2D eigenvalue weighted by atomic mass is 19.3. The van der Waals surface area contributed by atoms with Crippen LogP contribution in [0.3, 0.4) is 0 Å². The van der Waals surface area contributed by atoms with Crippen LogP contribution < -0.4 is 19.7 Å². The molecule has 1 atom stereocenters. The Morgan fingerprint density at radius 1 is 1.14 bits per heavy atom. The number of hydrogen-bond donors (Lipinski definition) is 3. The first kappa shape index (κ1) is 17.9. The number of nitrogens with zero attached hydrogens (tertiary/aromatic N) is 3. The Kier molecular flexibility index (Phi) is 4.14. The van der Waals surface area contributed by atoms with Gasteiger partial charge in [-0.25, -0.2) is 4.98 Å². The van der Waals surface area contributed by atoms with Crippen LogP contribution in [0.1, 0.15) is 11.8 Å². The zero-order chi connectivity index (χ0) is 20.0. The van der Waals surface area contributed by atoms with Crippen molar-refractivity contribution in [1.29, 1.82) is 0 Å². The molecule has 0 saturated carbocycles. The summed E-state index contributed by atoms with van der Waals surface area (Å²) in [5, 5.41) is 13.4. The van der Waals surface area contributed by atoms with Crippen LogP contribution in [0.5, 0.6) is 11.5 Å². The maximum Gasteiger partial charge on any atom is 0.586 e. The van der Waals surface area contributed by atoms with Crippen molar-refractivity contribution in [3.05, 3.63) is 36.2 Å². The number of nitrogens with one attached hydrogen (secondary N) is 2. The predicted octanol–water partition coefficient (Wildman–Crippen LogP) is 2.22. The van der Waals surface area contributed by atoms with Crippen LogP contribution in [0.2, 0.25) is 0 Å². The van der Waals surface area contributed by atoms with Crippen molar-refractivity contribution in [3.63, 3.8) is 0 Å². The second-order valence-electron chi connectivity index (χ2n) is 6.69. The van der Waals surface area contributed by atoms with Crippen molar-refractivity contribution in [2.75, 3.05) is 36.5 Å². The van der Waals surface area contributed by atoms with Crippen LogP contribution in [0.25, 0.3) is 11.0 Å². The third-order valence-corrected chi connectivity index (χ3v) is 4.72. The van der Waals surface area contributed by atoms with E-state index in [-0.39, 0.29) is 17.4 Å². The normalized spacial score (nSPS) is 18.8. The molecule has 29 heavy (non-hydrogen) atoms. The van der Waals surface area contributed by atoms with E-state index in [1.165, 1.54) is 12.1 Å². The average Bonchev–Trinajstić information content (AvgIpc) is 3.23. The van der Waals surface area contributed by atoms with Gasteiger partial charge in [-0.2, -0.15) is 0 Å². The minimum absolute atomic E-state index is 0.0827.